The number of hydrogen-bond donors (Lipinski definition) is 1. The van der Waals surface area contributed by atoms with E-state index in [0.717, 1.165) is 11.4 Å². The molecule has 0 bridgehead atoms. The lowest BCUT2D eigenvalue weighted by atomic mass is 9.98. The van der Waals surface area contributed by atoms with Gasteiger partial charge in [-0.25, -0.2) is 0 Å². The highest BCUT2D eigenvalue weighted by Gasteiger charge is 2.33. The van der Waals surface area contributed by atoms with Gasteiger partial charge in [0.05, 0.1) is 25.6 Å². The summed E-state index contributed by atoms with van der Waals surface area (Å²) in [6.45, 7) is 4.74. The summed E-state index contributed by atoms with van der Waals surface area (Å²) >= 11 is 0. The number of amides is 1. The van der Waals surface area contributed by atoms with Crippen molar-refractivity contribution in [3.8, 4) is 11.5 Å². The highest BCUT2D eigenvalue weighted by Crippen LogP contribution is 2.36. The van der Waals surface area contributed by atoms with Crippen LogP contribution in [0.1, 0.15) is 24.2 Å². The van der Waals surface area contributed by atoms with Crippen LogP contribution < -0.4 is 19.7 Å². The summed E-state index contributed by atoms with van der Waals surface area (Å²) in [5.74, 6) is 1.10. The second-order valence-corrected chi connectivity index (χ2v) is 6.49. The van der Waals surface area contributed by atoms with Crippen LogP contribution in [0.25, 0.3) is 0 Å². The summed E-state index contributed by atoms with van der Waals surface area (Å²) in [5, 5.41) is 3.47. The molecular formula is C19H22N2O3. The molecule has 0 spiro atoms. The zero-order chi connectivity index (χ0) is 17.3. The molecule has 0 saturated carbocycles. The van der Waals surface area contributed by atoms with Gasteiger partial charge in [-0.05, 0) is 44.2 Å². The minimum Gasteiger partial charge on any atom is -0.493 e. The fourth-order valence-corrected chi connectivity index (χ4v) is 3.01. The number of benzene rings is 2. The zero-order valence-corrected chi connectivity index (χ0v) is 14.4. The average molecular weight is 326 g/mol. The number of hydrogen-bond acceptors (Lipinski definition) is 4. The van der Waals surface area contributed by atoms with Crippen LogP contribution in [0.4, 0.5) is 11.4 Å². The normalized spacial score (nSPS) is 15.2. The van der Waals surface area contributed by atoms with E-state index in [2.05, 4.69) is 19.2 Å². The topological polar surface area (TPSA) is 50.8 Å². The van der Waals surface area contributed by atoms with Crippen LogP contribution in [0, 0.1) is 0 Å². The second kappa shape index (κ2) is 6.07. The van der Waals surface area contributed by atoms with E-state index in [1.165, 1.54) is 0 Å². The van der Waals surface area contributed by atoms with Gasteiger partial charge < -0.3 is 19.7 Å². The Labute approximate surface area is 142 Å². The van der Waals surface area contributed by atoms with Gasteiger partial charge in [0.1, 0.15) is 0 Å². The first-order valence-electron chi connectivity index (χ1n) is 7.86. The summed E-state index contributed by atoms with van der Waals surface area (Å²) in [5.41, 5.74) is 2.21. The standard InChI is InChI=1S/C19H22N2O3/c1-19(2)12-21(15-8-6-5-7-14(15)20-19)18(22)13-9-10-16(23-3)17(11-13)24-4/h5-11,20H,12H2,1-4H3. The van der Waals surface area contributed by atoms with Crippen molar-refractivity contribution >= 4 is 17.3 Å². The van der Waals surface area contributed by atoms with Crippen LogP contribution in [0.2, 0.25) is 0 Å². The van der Waals surface area contributed by atoms with E-state index in [1.807, 2.05) is 29.2 Å². The van der Waals surface area contributed by atoms with Crippen molar-refractivity contribution in [1.82, 2.24) is 0 Å². The maximum atomic E-state index is 13.1. The predicted octanol–water partition coefficient (Wildman–Crippen LogP) is 3.55. The Morgan fingerprint density at radius 2 is 1.79 bits per heavy atom. The molecule has 24 heavy (non-hydrogen) atoms. The molecule has 0 aromatic heterocycles. The Morgan fingerprint density at radius 1 is 1.08 bits per heavy atom. The molecule has 0 saturated heterocycles. The Balaban J connectivity index is 2.01. The first-order chi connectivity index (χ1) is 11.4. The van der Waals surface area contributed by atoms with Gasteiger partial charge in [0.2, 0.25) is 0 Å². The molecule has 0 aliphatic carbocycles. The molecule has 1 N–H and O–H groups in total. The summed E-state index contributed by atoms with van der Waals surface area (Å²) < 4.78 is 10.6. The molecular weight excluding hydrogens is 304 g/mol. The lowest BCUT2D eigenvalue weighted by Crippen LogP contribution is -2.50. The first kappa shape index (κ1) is 16.2. The van der Waals surface area contributed by atoms with Gasteiger partial charge in [-0.1, -0.05) is 12.1 Å². The fraction of sp³-hybridized carbons (Fsp3) is 0.316. The Kier molecular flexibility index (Phi) is 4.09. The first-order valence-corrected chi connectivity index (χ1v) is 7.86. The van der Waals surface area contributed by atoms with E-state index in [4.69, 9.17) is 9.47 Å². The molecule has 1 aliphatic heterocycles. The van der Waals surface area contributed by atoms with Crippen molar-refractivity contribution < 1.29 is 14.3 Å². The number of nitrogens with zero attached hydrogens (tertiary/aromatic N) is 1. The molecule has 0 unspecified atom stereocenters. The predicted molar refractivity (Wildman–Crippen MR) is 95.4 cm³/mol. The van der Waals surface area contributed by atoms with E-state index >= 15 is 0 Å². The van der Waals surface area contributed by atoms with Crippen molar-refractivity contribution in [2.75, 3.05) is 31.0 Å². The molecule has 2 aromatic rings. The molecule has 2 aromatic carbocycles. The maximum absolute atomic E-state index is 13.1. The number of nitrogens with one attached hydrogen (secondary N) is 1. The van der Waals surface area contributed by atoms with Crippen LogP contribution in [-0.2, 0) is 0 Å². The van der Waals surface area contributed by atoms with Gasteiger partial charge in [-0.15, -0.1) is 0 Å². The molecule has 126 valence electrons. The van der Waals surface area contributed by atoms with E-state index in [0.29, 0.717) is 23.6 Å². The largest absolute Gasteiger partial charge is 0.493 e. The number of fused-ring (bicyclic) bond motifs is 1. The van der Waals surface area contributed by atoms with Crippen molar-refractivity contribution in [3.63, 3.8) is 0 Å². The summed E-state index contributed by atoms with van der Waals surface area (Å²) in [7, 11) is 3.14. The van der Waals surface area contributed by atoms with Crippen molar-refractivity contribution in [2.24, 2.45) is 0 Å². The molecule has 1 amide bonds. The molecule has 0 fully saturated rings. The SMILES string of the molecule is COc1ccc(C(=O)N2CC(C)(C)Nc3ccccc32)cc1OC. The summed E-state index contributed by atoms with van der Waals surface area (Å²) in [6, 6.07) is 13.1. The number of rotatable bonds is 3. The van der Waals surface area contributed by atoms with E-state index in [-0.39, 0.29) is 11.4 Å². The van der Waals surface area contributed by atoms with E-state index < -0.39 is 0 Å². The Hall–Kier alpha value is -2.69. The number of carbonyl (C=O) groups excluding carboxylic acids is 1. The minimum absolute atomic E-state index is 0.0574. The van der Waals surface area contributed by atoms with Crippen molar-refractivity contribution in [1.29, 1.82) is 0 Å². The van der Waals surface area contributed by atoms with E-state index in [1.54, 1.807) is 32.4 Å². The highest BCUT2D eigenvalue weighted by atomic mass is 16.5. The lowest BCUT2D eigenvalue weighted by molar-refractivity contribution is 0.0981. The van der Waals surface area contributed by atoms with Gasteiger partial charge in [0.15, 0.2) is 11.5 Å². The number of para-hydroxylation sites is 2. The van der Waals surface area contributed by atoms with Crippen molar-refractivity contribution in [2.45, 2.75) is 19.4 Å². The molecule has 3 rings (SSSR count). The molecule has 1 heterocycles. The molecule has 1 aliphatic rings. The van der Waals surface area contributed by atoms with Crippen LogP contribution in [0.3, 0.4) is 0 Å². The van der Waals surface area contributed by atoms with Crippen molar-refractivity contribution in [3.05, 3.63) is 48.0 Å². The third-order valence-electron chi connectivity index (χ3n) is 4.10. The van der Waals surface area contributed by atoms with Gasteiger partial charge >= 0.3 is 0 Å². The minimum atomic E-state index is -0.208. The third kappa shape index (κ3) is 2.89. The smallest absolute Gasteiger partial charge is 0.258 e. The molecule has 0 atom stereocenters. The number of methoxy groups -OCH3 is 2. The Morgan fingerprint density at radius 3 is 2.50 bits per heavy atom. The fourth-order valence-electron chi connectivity index (χ4n) is 3.01. The average Bonchev–Trinajstić information content (AvgIpc) is 2.58. The number of carbonyl (C=O) groups is 1. The van der Waals surface area contributed by atoms with Gasteiger partial charge in [-0.3, -0.25) is 4.79 Å². The van der Waals surface area contributed by atoms with Gasteiger partial charge in [0.25, 0.3) is 5.91 Å². The third-order valence-corrected chi connectivity index (χ3v) is 4.10. The lowest BCUT2D eigenvalue weighted by Gasteiger charge is -2.41. The quantitative estimate of drug-likeness (QED) is 0.937. The van der Waals surface area contributed by atoms with Crippen LogP contribution in [-0.4, -0.2) is 32.2 Å². The van der Waals surface area contributed by atoms with Gasteiger partial charge in [-0.2, -0.15) is 0 Å². The summed E-state index contributed by atoms with van der Waals surface area (Å²) in [4.78, 5) is 14.9. The maximum Gasteiger partial charge on any atom is 0.258 e. The zero-order valence-electron chi connectivity index (χ0n) is 14.4. The summed E-state index contributed by atoms with van der Waals surface area (Å²) in [6.07, 6.45) is 0. The van der Waals surface area contributed by atoms with Crippen LogP contribution in [0.5, 0.6) is 11.5 Å². The van der Waals surface area contributed by atoms with Gasteiger partial charge in [0, 0.05) is 17.6 Å². The monoisotopic (exact) mass is 326 g/mol. The molecule has 5 heteroatoms. The van der Waals surface area contributed by atoms with E-state index in [9.17, 15) is 4.79 Å². The molecule has 0 radical (unpaired) electrons. The second-order valence-electron chi connectivity index (χ2n) is 6.49. The molecule has 5 nitrogen and oxygen atoms in total. The number of ether oxygens (including phenoxy) is 2. The van der Waals surface area contributed by atoms with Crippen LogP contribution >= 0.6 is 0 Å². The Bertz CT molecular complexity index is 771. The number of anilines is 2. The highest BCUT2D eigenvalue weighted by molar-refractivity contribution is 6.08. The van der Waals surface area contributed by atoms with Crippen LogP contribution in [0.15, 0.2) is 42.5 Å².